The van der Waals surface area contributed by atoms with Crippen LogP contribution in [0.4, 0.5) is 4.79 Å². The molecule has 1 aliphatic carbocycles. The van der Waals surface area contributed by atoms with Crippen LogP contribution in [0, 0.1) is 17.8 Å². The Hall–Kier alpha value is -2.61. The first-order valence-corrected chi connectivity index (χ1v) is 13.1. The van der Waals surface area contributed by atoms with E-state index in [1.54, 1.807) is 12.0 Å². The third kappa shape index (κ3) is 8.22. The zero-order valence-electron chi connectivity index (χ0n) is 22.7. The van der Waals surface area contributed by atoms with Crippen LogP contribution in [0.3, 0.4) is 0 Å². The van der Waals surface area contributed by atoms with Crippen LogP contribution in [0.15, 0.2) is 24.4 Å². The van der Waals surface area contributed by atoms with Gasteiger partial charge in [0.15, 0.2) is 0 Å². The number of amides is 2. The first kappa shape index (κ1) is 28.0. The fourth-order valence-electron chi connectivity index (χ4n) is 4.81. The number of nitrogens with one attached hydrogen (secondary N) is 1. The van der Waals surface area contributed by atoms with Gasteiger partial charge in [-0.15, -0.1) is 0 Å². The van der Waals surface area contributed by atoms with E-state index in [4.69, 9.17) is 14.2 Å². The van der Waals surface area contributed by atoms with E-state index in [9.17, 15) is 9.59 Å². The minimum Gasteiger partial charge on any atom is -0.477 e. The lowest BCUT2D eigenvalue weighted by molar-refractivity contribution is -0.127. The van der Waals surface area contributed by atoms with Crippen molar-refractivity contribution in [1.29, 1.82) is 0 Å². The highest BCUT2D eigenvalue weighted by Gasteiger charge is 2.29. The number of carbonyl (C=O) groups excluding carboxylic acids is 2. The Morgan fingerprint density at radius 1 is 1.19 bits per heavy atom. The molecule has 200 valence electrons. The molecule has 0 saturated carbocycles. The normalized spacial score (nSPS) is 21.9. The van der Waals surface area contributed by atoms with E-state index < -0.39 is 5.60 Å². The summed E-state index contributed by atoms with van der Waals surface area (Å²) in [5.41, 5.74) is 1.83. The van der Waals surface area contributed by atoms with Gasteiger partial charge in [0.05, 0.1) is 13.2 Å². The molecule has 1 N–H and O–H groups in total. The van der Waals surface area contributed by atoms with Gasteiger partial charge < -0.3 is 24.4 Å². The molecule has 1 aromatic rings. The largest absolute Gasteiger partial charge is 0.477 e. The molecule has 3 rings (SSSR count). The second-order valence-electron chi connectivity index (χ2n) is 11.2. The van der Waals surface area contributed by atoms with Crippen LogP contribution in [0.2, 0.25) is 0 Å². The van der Waals surface area contributed by atoms with Gasteiger partial charge in [0.2, 0.25) is 11.8 Å². The van der Waals surface area contributed by atoms with Crippen molar-refractivity contribution in [3.8, 4) is 5.88 Å². The van der Waals surface area contributed by atoms with Crippen molar-refractivity contribution in [1.82, 2.24) is 15.2 Å². The smallest absolute Gasteiger partial charge is 0.410 e. The highest BCUT2D eigenvalue weighted by molar-refractivity contribution is 5.81. The molecule has 0 spiro atoms. The summed E-state index contributed by atoms with van der Waals surface area (Å²) in [6, 6.07) is 3.98. The quantitative estimate of drug-likeness (QED) is 0.556. The molecule has 1 aliphatic heterocycles. The van der Waals surface area contributed by atoms with Crippen LogP contribution in [-0.2, 0) is 14.3 Å². The van der Waals surface area contributed by atoms with Crippen LogP contribution >= 0.6 is 0 Å². The monoisotopic (exact) mass is 501 g/mol. The number of carbonyl (C=O) groups is 2. The first-order valence-electron chi connectivity index (χ1n) is 13.1. The molecule has 1 aromatic heterocycles. The molecular weight excluding hydrogens is 458 g/mol. The predicted molar refractivity (Wildman–Crippen MR) is 140 cm³/mol. The number of allylic oxidation sites excluding steroid dienone is 2. The van der Waals surface area contributed by atoms with Gasteiger partial charge in [-0.3, -0.25) is 4.79 Å². The summed E-state index contributed by atoms with van der Waals surface area (Å²) in [5.74, 6) is 1.24. The maximum absolute atomic E-state index is 12.6. The molecule has 36 heavy (non-hydrogen) atoms. The van der Waals surface area contributed by atoms with Gasteiger partial charge >= 0.3 is 6.09 Å². The van der Waals surface area contributed by atoms with Gasteiger partial charge in [0, 0.05) is 44.4 Å². The standard InChI is InChI=1S/C28H43N3O5/c1-19-15-22(7-9-24(19)26(32)30-20(2)17-34-6)23-8-10-25(29-16-23)35-18-21-11-13-31(14-12-21)27(33)36-28(3,4)5/h8,10,15-16,19-21,24H,7,9,11-14,17-18H2,1-6H3,(H,30,32). The third-order valence-electron chi connectivity index (χ3n) is 6.81. The lowest BCUT2D eigenvalue weighted by atomic mass is 9.79. The Bertz CT molecular complexity index is 901. The van der Waals surface area contributed by atoms with E-state index in [0.29, 0.717) is 38.1 Å². The van der Waals surface area contributed by atoms with Gasteiger partial charge in [-0.05, 0) is 82.4 Å². The Morgan fingerprint density at radius 2 is 1.92 bits per heavy atom. The average Bonchev–Trinajstić information content (AvgIpc) is 2.82. The van der Waals surface area contributed by atoms with Gasteiger partial charge in [0.1, 0.15) is 5.60 Å². The molecule has 0 radical (unpaired) electrons. The van der Waals surface area contributed by atoms with Gasteiger partial charge in [-0.2, -0.15) is 0 Å². The van der Waals surface area contributed by atoms with Gasteiger partial charge in [-0.1, -0.05) is 13.0 Å². The highest BCUT2D eigenvalue weighted by atomic mass is 16.6. The molecule has 2 aliphatic rings. The van der Waals surface area contributed by atoms with Gasteiger partial charge in [0.25, 0.3) is 0 Å². The van der Waals surface area contributed by atoms with Crippen molar-refractivity contribution >= 4 is 17.6 Å². The molecule has 3 atom stereocenters. The number of hydrogen-bond donors (Lipinski definition) is 1. The molecule has 2 heterocycles. The summed E-state index contributed by atoms with van der Waals surface area (Å²) < 4.78 is 16.5. The third-order valence-corrected chi connectivity index (χ3v) is 6.81. The highest BCUT2D eigenvalue weighted by Crippen LogP contribution is 2.34. The number of ether oxygens (including phenoxy) is 3. The van der Waals surface area contributed by atoms with Crippen molar-refractivity contribution < 1.29 is 23.8 Å². The second kappa shape index (κ2) is 12.6. The summed E-state index contributed by atoms with van der Waals surface area (Å²) in [5, 5.41) is 3.05. The Labute approximate surface area is 215 Å². The number of aromatic nitrogens is 1. The summed E-state index contributed by atoms with van der Waals surface area (Å²) in [6.45, 7) is 12.2. The minimum atomic E-state index is -0.473. The van der Waals surface area contributed by atoms with E-state index >= 15 is 0 Å². The van der Waals surface area contributed by atoms with Crippen molar-refractivity contribution in [2.24, 2.45) is 17.8 Å². The average molecular weight is 502 g/mol. The summed E-state index contributed by atoms with van der Waals surface area (Å²) in [6.07, 6.45) is 7.27. The molecular formula is C28H43N3O5. The number of pyridine rings is 1. The number of rotatable bonds is 8. The number of nitrogens with zero attached hydrogens (tertiary/aromatic N) is 2. The first-order chi connectivity index (χ1) is 17.1. The molecule has 2 amide bonds. The molecule has 1 saturated heterocycles. The van der Waals surface area contributed by atoms with Crippen LogP contribution < -0.4 is 10.1 Å². The SMILES string of the molecule is COCC(C)NC(=O)C1CCC(c2ccc(OCC3CCN(C(=O)OC(C)(C)C)CC3)nc2)=CC1C. The molecule has 8 nitrogen and oxygen atoms in total. The summed E-state index contributed by atoms with van der Waals surface area (Å²) in [4.78, 5) is 31.2. The molecule has 1 fully saturated rings. The van der Waals surface area contributed by atoms with E-state index in [2.05, 4.69) is 23.3 Å². The van der Waals surface area contributed by atoms with E-state index in [0.717, 1.165) is 31.2 Å². The topological polar surface area (TPSA) is 90.0 Å². The van der Waals surface area contributed by atoms with Crippen LogP contribution in [-0.4, -0.2) is 66.9 Å². The van der Waals surface area contributed by atoms with Crippen LogP contribution in [0.5, 0.6) is 5.88 Å². The van der Waals surface area contributed by atoms with E-state index in [-0.39, 0.29) is 29.9 Å². The zero-order chi connectivity index (χ0) is 26.3. The number of methoxy groups -OCH3 is 1. The Kier molecular flexibility index (Phi) is 9.77. The van der Waals surface area contributed by atoms with Gasteiger partial charge in [-0.25, -0.2) is 9.78 Å². The lowest BCUT2D eigenvalue weighted by Gasteiger charge is -2.33. The maximum Gasteiger partial charge on any atom is 0.410 e. The number of likely N-dealkylation sites (tertiary alicyclic amines) is 1. The molecule has 3 unspecified atom stereocenters. The molecule has 0 aromatic carbocycles. The zero-order valence-corrected chi connectivity index (χ0v) is 22.7. The molecule has 0 bridgehead atoms. The Balaban J connectivity index is 1.45. The Morgan fingerprint density at radius 3 is 2.50 bits per heavy atom. The summed E-state index contributed by atoms with van der Waals surface area (Å²) in [7, 11) is 1.64. The maximum atomic E-state index is 12.6. The van der Waals surface area contributed by atoms with Crippen LogP contribution in [0.1, 0.15) is 65.9 Å². The fourth-order valence-corrected chi connectivity index (χ4v) is 4.81. The molecule has 8 heteroatoms. The van der Waals surface area contributed by atoms with Crippen molar-refractivity contribution in [2.75, 3.05) is 33.4 Å². The predicted octanol–water partition coefficient (Wildman–Crippen LogP) is 4.69. The van der Waals surface area contributed by atoms with E-state index in [1.165, 1.54) is 5.57 Å². The number of hydrogen-bond acceptors (Lipinski definition) is 6. The van der Waals surface area contributed by atoms with E-state index in [1.807, 2.05) is 46.0 Å². The number of piperidine rings is 1. The van der Waals surface area contributed by atoms with Crippen LogP contribution in [0.25, 0.3) is 5.57 Å². The van der Waals surface area contributed by atoms with Crippen molar-refractivity contribution in [3.05, 3.63) is 30.0 Å². The second-order valence-corrected chi connectivity index (χ2v) is 11.2. The van der Waals surface area contributed by atoms with Crippen molar-refractivity contribution in [3.63, 3.8) is 0 Å². The fraction of sp³-hybridized carbons (Fsp3) is 0.679. The lowest BCUT2D eigenvalue weighted by Crippen LogP contribution is -2.42. The summed E-state index contributed by atoms with van der Waals surface area (Å²) >= 11 is 0. The minimum absolute atomic E-state index is 0.00865. The van der Waals surface area contributed by atoms with Crippen molar-refractivity contribution in [2.45, 2.75) is 71.9 Å².